The number of nitrogens with zero attached hydrogens (tertiary/aromatic N) is 2. The highest BCUT2D eigenvalue weighted by Crippen LogP contribution is 2.38. The fourth-order valence-electron chi connectivity index (χ4n) is 3.65. The first kappa shape index (κ1) is 20.8. The second-order valence-corrected chi connectivity index (χ2v) is 9.52. The maximum Gasteiger partial charge on any atom is 0.265 e. The molecule has 5 rings (SSSR count). The number of aromatic amines is 1. The largest absolute Gasteiger partial charge is 0.285 e. The maximum absolute atomic E-state index is 13.4. The van der Waals surface area contributed by atoms with E-state index in [4.69, 9.17) is 11.6 Å². The van der Waals surface area contributed by atoms with Gasteiger partial charge in [0.2, 0.25) is 0 Å². The molecule has 0 spiro atoms. The topological polar surface area (TPSA) is 78.1 Å². The van der Waals surface area contributed by atoms with Crippen LogP contribution in [0, 0.1) is 0 Å². The van der Waals surface area contributed by atoms with Gasteiger partial charge < -0.3 is 0 Å². The minimum absolute atomic E-state index is 0.301. The molecule has 2 aromatic carbocycles. The first-order chi connectivity index (χ1) is 15.6. The number of amides is 2. The van der Waals surface area contributed by atoms with E-state index in [1.807, 2.05) is 59.4 Å². The van der Waals surface area contributed by atoms with Crippen LogP contribution in [0.1, 0.15) is 17.2 Å². The number of thiophene rings is 1. The molecule has 2 atom stereocenters. The average Bonchev–Trinajstić information content (AvgIpc) is 3.56. The fourth-order valence-corrected chi connectivity index (χ4v) is 5.57. The molecule has 32 heavy (non-hydrogen) atoms. The molecule has 0 bridgehead atoms. The Morgan fingerprint density at radius 2 is 1.94 bits per heavy atom. The summed E-state index contributed by atoms with van der Waals surface area (Å²) in [4.78, 5) is 26.9. The number of benzene rings is 2. The summed E-state index contributed by atoms with van der Waals surface area (Å²) >= 11 is 8.96. The van der Waals surface area contributed by atoms with Crippen molar-refractivity contribution in [3.05, 3.63) is 93.9 Å². The van der Waals surface area contributed by atoms with Crippen molar-refractivity contribution >= 4 is 46.5 Å². The van der Waals surface area contributed by atoms with E-state index >= 15 is 0 Å². The molecule has 4 aromatic rings. The molecule has 1 fully saturated rings. The molecule has 1 saturated heterocycles. The maximum atomic E-state index is 13.4. The Morgan fingerprint density at radius 3 is 2.69 bits per heavy atom. The number of H-pyrrole nitrogens is 1. The molecule has 0 saturated carbocycles. The van der Waals surface area contributed by atoms with E-state index in [1.54, 1.807) is 29.7 Å². The van der Waals surface area contributed by atoms with Crippen LogP contribution < -0.4 is 5.43 Å². The summed E-state index contributed by atoms with van der Waals surface area (Å²) in [6.07, 6.45) is 3.57. The van der Waals surface area contributed by atoms with Crippen molar-refractivity contribution in [2.24, 2.45) is 0 Å². The van der Waals surface area contributed by atoms with Crippen LogP contribution in [0.2, 0.25) is 5.02 Å². The molecular weight excluding hydrogens is 464 g/mol. The van der Waals surface area contributed by atoms with Crippen molar-refractivity contribution in [3.63, 3.8) is 0 Å². The number of carbonyl (C=O) groups is 2. The quantitative estimate of drug-likeness (QED) is 0.384. The van der Waals surface area contributed by atoms with Crippen molar-refractivity contribution in [3.8, 4) is 11.1 Å². The van der Waals surface area contributed by atoms with Gasteiger partial charge in [0, 0.05) is 16.7 Å². The van der Waals surface area contributed by atoms with Crippen molar-refractivity contribution in [1.29, 1.82) is 0 Å². The first-order valence-electron chi connectivity index (χ1n) is 9.78. The zero-order valence-corrected chi connectivity index (χ0v) is 19.0. The molecule has 1 aliphatic heterocycles. The number of hydrogen-bond donors (Lipinski definition) is 2. The normalized spacial score (nSPS) is 16.9. The number of aromatic nitrogens is 2. The Labute approximate surface area is 197 Å². The number of carbonyl (C=O) groups excluding carboxylic acids is 2. The molecule has 2 N–H and O–H groups in total. The lowest BCUT2D eigenvalue weighted by Gasteiger charge is -2.27. The molecular formula is C23H17ClN4O2S2. The zero-order chi connectivity index (χ0) is 22.1. The minimum Gasteiger partial charge on any atom is -0.285 e. The summed E-state index contributed by atoms with van der Waals surface area (Å²) < 4.78 is 0. The van der Waals surface area contributed by atoms with Gasteiger partial charge >= 0.3 is 0 Å². The van der Waals surface area contributed by atoms with Crippen molar-refractivity contribution < 1.29 is 9.59 Å². The van der Waals surface area contributed by atoms with Gasteiger partial charge in [-0.3, -0.25) is 20.1 Å². The number of thioether (sulfide) groups is 1. The summed E-state index contributed by atoms with van der Waals surface area (Å²) in [7, 11) is 0. The lowest BCUT2D eigenvalue weighted by molar-refractivity contribution is -0.131. The van der Waals surface area contributed by atoms with Gasteiger partial charge in [0.05, 0.1) is 11.2 Å². The predicted octanol–water partition coefficient (Wildman–Crippen LogP) is 4.92. The predicted molar refractivity (Wildman–Crippen MR) is 126 cm³/mol. The summed E-state index contributed by atoms with van der Waals surface area (Å²) in [5, 5.41) is 11.8. The van der Waals surface area contributed by atoms with E-state index in [1.165, 1.54) is 5.01 Å². The standard InChI is InChI=1S/C23H17ClN4O2S2/c24-18-6-1-2-7-19(18)32-21-22(29)27-28(23(21)30)20(16-8-9-31-13-16)15-5-3-4-14(10-15)17-11-25-26-12-17/h1-13,20-21H,(H,25,26)(H,27,29). The van der Waals surface area contributed by atoms with Crippen LogP contribution in [0.4, 0.5) is 0 Å². The van der Waals surface area contributed by atoms with Gasteiger partial charge in [-0.25, -0.2) is 5.01 Å². The summed E-state index contributed by atoms with van der Waals surface area (Å²) in [6.45, 7) is 0. The number of hydrogen-bond acceptors (Lipinski definition) is 5. The number of hydrazine groups is 1. The molecule has 0 radical (unpaired) electrons. The van der Waals surface area contributed by atoms with Gasteiger partial charge in [0.25, 0.3) is 11.8 Å². The van der Waals surface area contributed by atoms with Gasteiger partial charge in [-0.1, -0.05) is 41.9 Å². The molecule has 160 valence electrons. The number of nitrogens with one attached hydrogen (secondary N) is 2. The fraction of sp³-hybridized carbons (Fsp3) is 0.0870. The zero-order valence-electron chi connectivity index (χ0n) is 16.6. The van der Waals surface area contributed by atoms with Crippen LogP contribution in [-0.2, 0) is 9.59 Å². The Morgan fingerprint density at radius 1 is 1.06 bits per heavy atom. The van der Waals surface area contributed by atoms with Crippen LogP contribution in [0.3, 0.4) is 0 Å². The highest BCUT2D eigenvalue weighted by molar-refractivity contribution is 8.01. The smallest absolute Gasteiger partial charge is 0.265 e. The van der Waals surface area contributed by atoms with Crippen LogP contribution >= 0.6 is 34.7 Å². The third kappa shape index (κ3) is 3.92. The van der Waals surface area contributed by atoms with Gasteiger partial charge in [0.15, 0.2) is 5.25 Å². The molecule has 6 nitrogen and oxygen atoms in total. The van der Waals surface area contributed by atoms with E-state index in [9.17, 15) is 9.59 Å². The Balaban J connectivity index is 1.50. The summed E-state index contributed by atoms with van der Waals surface area (Å²) in [5.74, 6) is -0.657. The molecule has 1 aliphatic rings. The third-order valence-corrected chi connectivity index (χ3v) is 7.57. The summed E-state index contributed by atoms with van der Waals surface area (Å²) in [6, 6.07) is 16.6. The van der Waals surface area contributed by atoms with Gasteiger partial charge in [0.1, 0.15) is 6.04 Å². The lowest BCUT2D eigenvalue weighted by Crippen LogP contribution is -2.39. The summed E-state index contributed by atoms with van der Waals surface area (Å²) in [5.41, 5.74) is 6.53. The molecule has 2 amide bonds. The van der Waals surface area contributed by atoms with E-state index < -0.39 is 11.3 Å². The van der Waals surface area contributed by atoms with Crippen molar-refractivity contribution in [2.75, 3.05) is 0 Å². The Kier molecular flexibility index (Phi) is 5.73. The highest BCUT2D eigenvalue weighted by atomic mass is 35.5. The molecule has 9 heteroatoms. The van der Waals surface area contributed by atoms with Crippen LogP contribution in [0.5, 0.6) is 0 Å². The van der Waals surface area contributed by atoms with Crippen LogP contribution in [0.15, 0.2) is 82.6 Å². The van der Waals surface area contributed by atoms with Gasteiger partial charge in [-0.15, -0.1) is 11.8 Å². The van der Waals surface area contributed by atoms with E-state index in [-0.39, 0.29) is 11.8 Å². The second kappa shape index (κ2) is 8.82. The number of halogens is 1. The van der Waals surface area contributed by atoms with E-state index in [2.05, 4.69) is 15.6 Å². The number of rotatable bonds is 6. The second-order valence-electron chi connectivity index (χ2n) is 7.18. The molecule has 3 heterocycles. The van der Waals surface area contributed by atoms with Gasteiger partial charge in [-0.2, -0.15) is 16.4 Å². The third-order valence-electron chi connectivity index (χ3n) is 5.16. The molecule has 2 unspecified atom stereocenters. The van der Waals surface area contributed by atoms with Crippen LogP contribution in [0.25, 0.3) is 11.1 Å². The lowest BCUT2D eigenvalue weighted by atomic mass is 9.97. The SMILES string of the molecule is O=C1NN(C(c2ccsc2)c2cccc(-c3cn[nH]c3)c2)C(=O)C1Sc1ccccc1Cl. The minimum atomic E-state index is -0.909. The van der Waals surface area contributed by atoms with E-state index in [0.29, 0.717) is 9.92 Å². The first-order valence-corrected chi connectivity index (χ1v) is 12.0. The van der Waals surface area contributed by atoms with E-state index in [0.717, 1.165) is 34.0 Å². The Hall–Kier alpha value is -3.07. The van der Waals surface area contributed by atoms with Crippen molar-refractivity contribution in [2.45, 2.75) is 16.2 Å². The van der Waals surface area contributed by atoms with Crippen LogP contribution in [-0.4, -0.2) is 32.3 Å². The molecule has 2 aromatic heterocycles. The van der Waals surface area contributed by atoms with Crippen molar-refractivity contribution in [1.82, 2.24) is 20.6 Å². The average molecular weight is 481 g/mol. The Bertz CT molecular complexity index is 1260. The highest BCUT2D eigenvalue weighted by Gasteiger charge is 2.44. The van der Waals surface area contributed by atoms with Gasteiger partial charge in [-0.05, 0) is 51.7 Å². The molecule has 0 aliphatic carbocycles. The monoisotopic (exact) mass is 480 g/mol.